The van der Waals surface area contributed by atoms with E-state index in [1.165, 1.54) is 0 Å². The van der Waals surface area contributed by atoms with E-state index >= 15 is 0 Å². The first-order valence-electron chi connectivity index (χ1n) is 8.66. The van der Waals surface area contributed by atoms with E-state index in [4.69, 9.17) is 23.2 Å². The summed E-state index contributed by atoms with van der Waals surface area (Å²) in [4.78, 5) is 18.8. The smallest absolute Gasteiger partial charge is 0.181 e. The third-order valence-electron chi connectivity index (χ3n) is 4.43. The summed E-state index contributed by atoms with van der Waals surface area (Å²) in [6.07, 6.45) is 3.33. The Bertz CT molecular complexity index is 1170. The van der Waals surface area contributed by atoms with Crippen LogP contribution in [0.3, 0.4) is 0 Å². The molecule has 0 saturated heterocycles. The summed E-state index contributed by atoms with van der Waals surface area (Å²) in [6.45, 7) is 0.463. The Labute approximate surface area is 172 Å². The zero-order valence-electron chi connectivity index (χ0n) is 15.4. The van der Waals surface area contributed by atoms with Crippen molar-refractivity contribution in [3.63, 3.8) is 0 Å². The molecule has 6 nitrogen and oxygen atoms in total. The van der Waals surface area contributed by atoms with Crippen molar-refractivity contribution < 1.29 is 0 Å². The van der Waals surface area contributed by atoms with Crippen molar-refractivity contribution in [1.29, 1.82) is 0 Å². The number of benzene rings is 2. The van der Waals surface area contributed by atoms with Gasteiger partial charge in [0.15, 0.2) is 11.1 Å². The van der Waals surface area contributed by atoms with Crippen molar-refractivity contribution in [3.05, 3.63) is 76.2 Å². The molecule has 4 aromatic rings. The monoisotopic (exact) mass is 412 g/mol. The molecule has 0 spiro atoms. The summed E-state index contributed by atoms with van der Waals surface area (Å²) in [7, 11) is 4.01. The fourth-order valence-electron chi connectivity index (χ4n) is 2.91. The van der Waals surface area contributed by atoms with Gasteiger partial charge in [-0.25, -0.2) is 15.0 Å². The van der Waals surface area contributed by atoms with Crippen molar-refractivity contribution in [2.75, 3.05) is 19.0 Å². The van der Waals surface area contributed by atoms with Gasteiger partial charge in [0.25, 0.3) is 0 Å². The SMILES string of the molecule is CN(C)c1ccc(N=c2ncn(Cc3c(Cl)cccc3Cl)c3nc[nH]c23)cc1. The van der Waals surface area contributed by atoms with Gasteiger partial charge in [-0.05, 0) is 36.4 Å². The zero-order valence-corrected chi connectivity index (χ0v) is 16.9. The van der Waals surface area contributed by atoms with Crippen LogP contribution >= 0.6 is 23.2 Å². The summed E-state index contributed by atoms with van der Waals surface area (Å²) in [6, 6.07) is 13.4. The van der Waals surface area contributed by atoms with E-state index in [0.717, 1.165) is 28.1 Å². The molecule has 2 aromatic carbocycles. The average molecular weight is 413 g/mol. The van der Waals surface area contributed by atoms with Crippen molar-refractivity contribution >= 4 is 45.7 Å². The highest BCUT2D eigenvalue weighted by atomic mass is 35.5. The van der Waals surface area contributed by atoms with Gasteiger partial charge in [0.05, 0.1) is 24.9 Å². The van der Waals surface area contributed by atoms with E-state index in [1.54, 1.807) is 12.7 Å². The quantitative estimate of drug-likeness (QED) is 0.539. The molecular formula is C20H18Cl2N6. The number of H-pyrrole nitrogens is 1. The summed E-state index contributed by atoms with van der Waals surface area (Å²) in [5, 5.41) is 1.22. The summed E-state index contributed by atoms with van der Waals surface area (Å²) in [5.74, 6) is 0. The molecule has 4 rings (SSSR count). The molecule has 28 heavy (non-hydrogen) atoms. The number of nitrogens with zero attached hydrogens (tertiary/aromatic N) is 5. The van der Waals surface area contributed by atoms with Gasteiger partial charge >= 0.3 is 0 Å². The Morgan fingerprint density at radius 2 is 1.75 bits per heavy atom. The number of imidazole rings is 1. The van der Waals surface area contributed by atoms with Crippen LogP contribution in [0.1, 0.15) is 5.56 Å². The Kier molecular flexibility index (Phi) is 5.07. The molecule has 0 saturated carbocycles. The summed E-state index contributed by atoms with van der Waals surface area (Å²) in [5.41, 5.74) is 4.82. The van der Waals surface area contributed by atoms with E-state index in [0.29, 0.717) is 22.1 Å². The van der Waals surface area contributed by atoms with Crippen LogP contribution in [-0.2, 0) is 6.54 Å². The largest absolute Gasteiger partial charge is 0.378 e. The molecular weight excluding hydrogens is 395 g/mol. The number of halogens is 2. The van der Waals surface area contributed by atoms with Gasteiger partial charge in [-0.3, -0.25) is 0 Å². The molecule has 2 aromatic heterocycles. The predicted molar refractivity (Wildman–Crippen MR) is 113 cm³/mol. The number of rotatable bonds is 4. The number of anilines is 1. The topological polar surface area (TPSA) is 62.1 Å². The highest BCUT2D eigenvalue weighted by Gasteiger charge is 2.10. The lowest BCUT2D eigenvalue weighted by Gasteiger charge is -2.11. The molecule has 0 aliphatic heterocycles. The molecule has 0 aliphatic carbocycles. The fraction of sp³-hybridized carbons (Fsp3) is 0.150. The minimum Gasteiger partial charge on any atom is -0.378 e. The second-order valence-electron chi connectivity index (χ2n) is 6.52. The van der Waals surface area contributed by atoms with Crippen LogP contribution in [-0.4, -0.2) is 33.6 Å². The lowest BCUT2D eigenvalue weighted by Crippen LogP contribution is -2.15. The Hall–Kier alpha value is -2.83. The molecule has 1 N–H and O–H groups in total. The van der Waals surface area contributed by atoms with Crippen LogP contribution in [0.15, 0.2) is 60.1 Å². The highest BCUT2D eigenvalue weighted by molar-refractivity contribution is 6.36. The lowest BCUT2D eigenvalue weighted by atomic mass is 10.2. The number of hydrogen-bond acceptors (Lipinski definition) is 4. The third-order valence-corrected chi connectivity index (χ3v) is 5.13. The van der Waals surface area contributed by atoms with E-state index in [9.17, 15) is 0 Å². The van der Waals surface area contributed by atoms with Gasteiger partial charge in [0.2, 0.25) is 0 Å². The lowest BCUT2D eigenvalue weighted by molar-refractivity contribution is 0.786. The fourth-order valence-corrected chi connectivity index (χ4v) is 3.43. The van der Waals surface area contributed by atoms with Crippen molar-refractivity contribution in [1.82, 2.24) is 19.5 Å². The zero-order chi connectivity index (χ0) is 19.7. The van der Waals surface area contributed by atoms with Gasteiger partial charge in [0, 0.05) is 35.4 Å². The predicted octanol–water partition coefficient (Wildman–Crippen LogP) is 4.41. The van der Waals surface area contributed by atoms with E-state index in [1.807, 2.05) is 66.0 Å². The Morgan fingerprint density at radius 3 is 2.43 bits per heavy atom. The average Bonchev–Trinajstić information content (AvgIpc) is 3.17. The van der Waals surface area contributed by atoms with Crippen LogP contribution in [0.5, 0.6) is 0 Å². The molecule has 0 radical (unpaired) electrons. The maximum Gasteiger partial charge on any atom is 0.181 e. The maximum atomic E-state index is 6.31. The summed E-state index contributed by atoms with van der Waals surface area (Å²) >= 11 is 12.6. The molecule has 142 valence electrons. The minimum atomic E-state index is 0.463. The first kappa shape index (κ1) is 18.5. The number of nitrogens with one attached hydrogen (secondary N) is 1. The van der Waals surface area contributed by atoms with Gasteiger partial charge in [-0.15, -0.1) is 0 Å². The Morgan fingerprint density at radius 1 is 1.04 bits per heavy atom. The maximum absolute atomic E-state index is 6.31. The molecule has 0 aliphatic rings. The van der Waals surface area contributed by atoms with E-state index in [-0.39, 0.29) is 0 Å². The number of hydrogen-bond donors (Lipinski definition) is 1. The third kappa shape index (κ3) is 3.61. The molecule has 8 heteroatoms. The van der Waals surface area contributed by atoms with Gasteiger partial charge in [0.1, 0.15) is 5.52 Å². The number of fused-ring (bicyclic) bond motifs is 1. The van der Waals surface area contributed by atoms with Crippen LogP contribution in [0, 0.1) is 0 Å². The molecule has 0 unspecified atom stereocenters. The van der Waals surface area contributed by atoms with Gasteiger partial charge in [-0.1, -0.05) is 29.3 Å². The standard InChI is InChI=1S/C20H18Cl2N6/c1-27(2)14-8-6-13(7-9-14)26-19-18-20(24-11-23-18)28(12-25-19)10-15-16(21)4-3-5-17(15)22/h3-9,11-12H,10H2,1-2H3,(H,23,24). The van der Waals surface area contributed by atoms with E-state index in [2.05, 4.69) is 19.9 Å². The molecule has 0 atom stereocenters. The van der Waals surface area contributed by atoms with Crippen LogP contribution in [0.25, 0.3) is 11.2 Å². The minimum absolute atomic E-state index is 0.463. The van der Waals surface area contributed by atoms with Crippen LogP contribution < -0.4 is 10.4 Å². The molecule has 0 amide bonds. The van der Waals surface area contributed by atoms with Crippen molar-refractivity contribution in [3.8, 4) is 0 Å². The number of aromatic nitrogens is 4. The highest BCUT2D eigenvalue weighted by Crippen LogP contribution is 2.25. The van der Waals surface area contributed by atoms with E-state index < -0.39 is 0 Å². The second-order valence-corrected chi connectivity index (χ2v) is 7.33. The van der Waals surface area contributed by atoms with Crippen LogP contribution in [0.2, 0.25) is 10.0 Å². The Balaban J connectivity index is 1.75. The first-order valence-corrected chi connectivity index (χ1v) is 9.42. The van der Waals surface area contributed by atoms with Crippen molar-refractivity contribution in [2.45, 2.75) is 6.54 Å². The van der Waals surface area contributed by atoms with Gasteiger partial charge < -0.3 is 14.5 Å². The van der Waals surface area contributed by atoms with Crippen LogP contribution in [0.4, 0.5) is 11.4 Å². The molecule has 2 heterocycles. The number of aromatic amines is 1. The second kappa shape index (κ2) is 7.66. The van der Waals surface area contributed by atoms with Crippen molar-refractivity contribution in [2.24, 2.45) is 4.99 Å². The first-order chi connectivity index (χ1) is 13.5. The summed E-state index contributed by atoms with van der Waals surface area (Å²) < 4.78 is 1.90. The normalized spacial score (nSPS) is 11.9. The molecule has 0 fully saturated rings. The molecule has 0 bridgehead atoms. The van der Waals surface area contributed by atoms with Gasteiger partial charge in [-0.2, -0.15) is 0 Å².